The summed E-state index contributed by atoms with van der Waals surface area (Å²) >= 11 is 0. The third kappa shape index (κ3) is 3.78. The van der Waals surface area contributed by atoms with E-state index in [0.717, 1.165) is 69.2 Å². The van der Waals surface area contributed by atoms with Gasteiger partial charge in [0.15, 0.2) is 0 Å². The average molecular weight is 424 g/mol. The zero-order valence-corrected chi connectivity index (χ0v) is 16.4. The molecule has 6 nitrogen and oxygen atoms in total. The van der Waals surface area contributed by atoms with Gasteiger partial charge < -0.3 is 19.3 Å². The zero-order chi connectivity index (χ0) is 21.5. The molecule has 6 rings (SSSR count). The van der Waals surface area contributed by atoms with Crippen molar-refractivity contribution in [2.75, 3.05) is 19.6 Å². The number of para-hydroxylation sites is 1. The van der Waals surface area contributed by atoms with Crippen molar-refractivity contribution in [1.29, 1.82) is 0 Å². The number of aliphatic carboxylic acids is 1. The minimum atomic E-state index is -5.08. The molecule has 1 N–H and O–H groups in total. The Labute approximate surface area is 171 Å². The van der Waals surface area contributed by atoms with Crippen molar-refractivity contribution in [2.45, 2.75) is 50.4 Å². The van der Waals surface area contributed by atoms with Gasteiger partial charge in [0.05, 0.1) is 5.56 Å². The summed E-state index contributed by atoms with van der Waals surface area (Å²) in [5.74, 6) is -2.85. The van der Waals surface area contributed by atoms with Crippen LogP contribution in [0.3, 0.4) is 0 Å². The van der Waals surface area contributed by atoms with Crippen LogP contribution in [0.1, 0.15) is 41.7 Å². The van der Waals surface area contributed by atoms with Crippen LogP contribution in [0, 0.1) is 0 Å². The fourth-order valence-corrected chi connectivity index (χ4v) is 4.70. The number of piperidine rings is 3. The maximum Gasteiger partial charge on any atom is 0.490 e. The summed E-state index contributed by atoms with van der Waals surface area (Å²) < 4.78 is 40.2. The van der Waals surface area contributed by atoms with Crippen LogP contribution < -0.4 is 0 Å². The molecule has 2 aromatic rings. The molecule has 0 atom stereocenters. The molecule has 0 aliphatic carbocycles. The number of fused-ring (bicyclic) bond motifs is 6. The summed E-state index contributed by atoms with van der Waals surface area (Å²) in [7, 11) is 0. The molecule has 9 heteroatoms. The standard InChI is InChI=1S/C19H22N2O2.C2HF3O2/c22-18(23-19-7-11-20(12-8-19)13-9-19)17-14-4-1-2-5-15(14)21-10-3-6-16(17)21;3-2(4,5)1(6)7/h1-2,4-5H,3,6-13H2;(H,6,7). The van der Waals surface area contributed by atoms with Crippen LogP contribution in [0.2, 0.25) is 0 Å². The van der Waals surface area contributed by atoms with Gasteiger partial charge in [0.2, 0.25) is 0 Å². The number of nitrogens with zero attached hydrogens (tertiary/aromatic N) is 2. The Kier molecular flexibility index (Phi) is 5.25. The van der Waals surface area contributed by atoms with Crippen LogP contribution in [0.5, 0.6) is 0 Å². The first-order valence-corrected chi connectivity index (χ1v) is 10.1. The second-order valence-corrected chi connectivity index (χ2v) is 8.06. The van der Waals surface area contributed by atoms with Crippen molar-refractivity contribution in [3.05, 3.63) is 35.5 Å². The first-order chi connectivity index (χ1) is 14.2. The maximum atomic E-state index is 13.1. The summed E-state index contributed by atoms with van der Waals surface area (Å²) in [6.07, 6.45) is 0.00653. The van der Waals surface area contributed by atoms with E-state index in [-0.39, 0.29) is 11.6 Å². The number of carbonyl (C=O) groups is 2. The predicted octanol–water partition coefficient (Wildman–Crippen LogP) is 3.62. The van der Waals surface area contributed by atoms with E-state index in [9.17, 15) is 18.0 Å². The number of aromatic nitrogens is 1. The SMILES string of the molecule is O=C(O)C(F)(F)F.O=C(OC12CCN(CC1)CC2)c1c2n(c3ccccc13)CCC2. The Morgan fingerprint density at radius 3 is 2.23 bits per heavy atom. The number of esters is 1. The minimum absolute atomic E-state index is 0.0906. The molecule has 0 saturated carbocycles. The molecule has 5 heterocycles. The largest absolute Gasteiger partial charge is 0.490 e. The lowest BCUT2D eigenvalue weighted by molar-refractivity contribution is -0.192. The van der Waals surface area contributed by atoms with Crippen LogP contribution in [0.15, 0.2) is 24.3 Å². The number of halogens is 3. The van der Waals surface area contributed by atoms with E-state index in [1.54, 1.807) is 0 Å². The van der Waals surface area contributed by atoms with Gasteiger partial charge in [-0.2, -0.15) is 13.2 Å². The van der Waals surface area contributed by atoms with E-state index in [2.05, 4.69) is 27.7 Å². The Morgan fingerprint density at radius 1 is 1.03 bits per heavy atom. The predicted molar refractivity (Wildman–Crippen MR) is 102 cm³/mol. The van der Waals surface area contributed by atoms with Crippen LogP contribution in [0.25, 0.3) is 10.9 Å². The lowest BCUT2D eigenvalue weighted by atomic mass is 9.83. The van der Waals surface area contributed by atoms with E-state index in [0.29, 0.717) is 0 Å². The van der Waals surface area contributed by atoms with Gasteiger partial charge in [-0.15, -0.1) is 0 Å². The Morgan fingerprint density at radius 2 is 1.63 bits per heavy atom. The molecular formula is C21H23F3N2O4. The number of ether oxygens (including phenoxy) is 1. The zero-order valence-electron chi connectivity index (χ0n) is 16.4. The fourth-order valence-electron chi connectivity index (χ4n) is 4.70. The molecule has 3 saturated heterocycles. The number of benzene rings is 1. The molecule has 2 bridgehead atoms. The molecule has 162 valence electrons. The molecule has 0 spiro atoms. The topological polar surface area (TPSA) is 71.8 Å². The molecule has 0 radical (unpaired) electrons. The minimum Gasteiger partial charge on any atom is -0.475 e. The van der Waals surface area contributed by atoms with Gasteiger partial charge in [0.1, 0.15) is 5.60 Å². The summed E-state index contributed by atoms with van der Waals surface area (Å²) in [5, 5.41) is 8.19. The molecule has 30 heavy (non-hydrogen) atoms. The Bertz CT molecular complexity index is 961. The molecule has 1 aromatic carbocycles. The Balaban J connectivity index is 0.000000272. The number of hydrogen-bond acceptors (Lipinski definition) is 4. The molecule has 1 aromatic heterocycles. The summed E-state index contributed by atoms with van der Waals surface area (Å²) in [4.78, 5) is 24.4. The number of carboxylic acids is 1. The van der Waals surface area contributed by atoms with E-state index in [4.69, 9.17) is 14.6 Å². The van der Waals surface area contributed by atoms with Crippen LogP contribution in [-0.4, -0.2) is 57.9 Å². The highest BCUT2D eigenvalue weighted by molar-refractivity contribution is 6.06. The summed E-state index contributed by atoms with van der Waals surface area (Å²) in [5.41, 5.74) is 2.99. The molecule has 0 amide bonds. The first-order valence-electron chi connectivity index (χ1n) is 10.1. The van der Waals surface area contributed by atoms with E-state index >= 15 is 0 Å². The second kappa shape index (κ2) is 7.61. The smallest absolute Gasteiger partial charge is 0.475 e. The van der Waals surface area contributed by atoms with Crippen molar-refractivity contribution in [2.24, 2.45) is 0 Å². The highest BCUT2D eigenvalue weighted by Gasteiger charge is 2.43. The van der Waals surface area contributed by atoms with Gasteiger partial charge in [-0.05, 0) is 18.9 Å². The first kappa shape index (κ1) is 20.7. The molecule has 4 aliphatic rings. The lowest BCUT2D eigenvalue weighted by Gasteiger charge is -2.47. The van der Waals surface area contributed by atoms with E-state index in [1.807, 2.05) is 6.07 Å². The maximum absolute atomic E-state index is 13.1. The number of rotatable bonds is 2. The molecule has 0 unspecified atom stereocenters. The highest BCUT2D eigenvalue weighted by atomic mass is 19.4. The summed E-state index contributed by atoms with van der Waals surface area (Å²) in [6.45, 7) is 4.23. The van der Waals surface area contributed by atoms with E-state index in [1.165, 1.54) is 11.2 Å². The number of aryl methyl sites for hydroxylation is 1. The summed E-state index contributed by atoms with van der Waals surface area (Å²) in [6, 6.07) is 8.27. The second-order valence-electron chi connectivity index (χ2n) is 8.06. The normalized spacial score (nSPS) is 24.8. The van der Waals surface area contributed by atoms with Crippen LogP contribution in [0.4, 0.5) is 13.2 Å². The number of carbonyl (C=O) groups excluding carboxylic acids is 1. The van der Waals surface area contributed by atoms with Crippen molar-refractivity contribution in [3.63, 3.8) is 0 Å². The van der Waals surface area contributed by atoms with Gasteiger partial charge in [-0.1, -0.05) is 18.2 Å². The third-order valence-electron chi connectivity index (χ3n) is 6.28. The van der Waals surface area contributed by atoms with Crippen molar-refractivity contribution < 1.29 is 32.6 Å². The van der Waals surface area contributed by atoms with Crippen molar-refractivity contribution >= 4 is 22.8 Å². The monoisotopic (exact) mass is 424 g/mol. The third-order valence-corrected chi connectivity index (χ3v) is 6.28. The average Bonchev–Trinajstić information content (AvgIpc) is 3.29. The van der Waals surface area contributed by atoms with Crippen LogP contribution in [-0.2, 0) is 22.5 Å². The fraction of sp³-hybridized carbons (Fsp3) is 0.524. The Hall–Kier alpha value is -2.55. The van der Waals surface area contributed by atoms with E-state index < -0.39 is 12.1 Å². The highest BCUT2D eigenvalue weighted by Crippen LogP contribution is 2.38. The number of hydrogen-bond donors (Lipinski definition) is 1. The van der Waals surface area contributed by atoms with Crippen molar-refractivity contribution in [3.8, 4) is 0 Å². The van der Waals surface area contributed by atoms with Gasteiger partial charge in [0.25, 0.3) is 0 Å². The van der Waals surface area contributed by atoms with Crippen LogP contribution >= 0.6 is 0 Å². The lowest BCUT2D eigenvalue weighted by Crippen LogP contribution is -2.54. The van der Waals surface area contributed by atoms with Gasteiger partial charge in [0, 0.05) is 62.0 Å². The number of carboxylic acid groups (broad SMARTS) is 1. The van der Waals surface area contributed by atoms with Gasteiger partial charge >= 0.3 is 18.1 Å². The van der Waals surface area contributed by atoms with Gasteiger partial charge in [-0.3, -0.25) is 0 Å². The van der Waals surface area contributed by atoms with Crippen molar-refractivity contribution in [1.82, 2.24) is 9.47 Å². The molecule has 4 aliphatic heterocycles. The number of alkyl halides is 3. The molecular weight excluding hydrogens is 401 g/mol. The quantitative estimate of drug-likeness (QED) is 0.746. The molecule has 3 fully saturated rings. The van der Waals surface area contributed by atoms with Gasteiger partial charge in [-0.25, -0.2) is 9.59 Å².